The summed E-state index contributed by atoms with van der Waals surface area (Å²) >= 11 is 1.06. The normalized spacial score (nSPS) is 10.4. The fraction of sp³-hybridized carbons (Fsp3) is 0.227. The van der Waals surface area contributed by atoms with E-state index in [1.54, 1.807) is 62.6 Å². The first-order valence-corrected chi connectivity index (χ1v) is 10.9. The lowest BCUT2D eigenvalue weighted by molar-refractivity contribution is -0.113. The number of thioether (sulfide) groups is 1. The van der Waals surface area contributed by atoms with E-state index < -0.39 is 5.97 Å². The van der Waals surface area contributed by atoms with Crippen LogP contribution >= 0.6 is 11.8 Å². The minimum absolute atomic E-state index is 0.0411. The van der Waals surface area contributed by atoms with Gasteiger partial charge in [-0.15, -0.1) is 10.2 Å². The van der Waals surface area contributed by atoms with Crippen molar-refractivity contribution < 1.29 is 28.3 Å². The number of aromatic nitrogens is 2. The number of hydrogen-bond donors (Lipinski definition) is 2. The van der Waals surface area contributed by atoms with Crippen LogP contribution in [0.4, 0.5) is 5.69 Å². The Morgan fingerprint density at radius 1 is 1.00 bits per heavy atom. The lowest BCUT2D eigenvalue weighted by Crippen LogP contribution is -2.22. The van der Waals surface area contributed by atoms with E-state index in [9.17, 15) is 14.4 Å². The lowest BCUT2D eigenvalue weighted by Gasteiger charge is -2.05. The average Bonchev–Trinajstić information content (AvgIpc) is 3.30. The maximum Gasteiger partial charge on any atom is 0.338 e. The summed E-state index contributed by atoms with van der Waals surface area (Å²) in [5, 5.41) is 13.3. The molecule has 0 aliphatic rings. The summed E-state index contributed by atoms with van der Waals surface area (Å²) in [7, 11) is 1.55. The Bertz CT molecular complexity index is 1100. The first-order chi connectivity index (χ1) is 16.0. The van der Waals surface area contributed by atoms with Crippen LogP contribution < -0.4 is 15.4 Å². The molecule has 0 saturated carbocycles. The second-order valence-electron chi connectivity index (χ2n) is 6.51. The zero-order chi connectivity index (χ0) is 23.6. The molecule has 0 unspecified atom stereocenters. The maximum absolute atomic E-state index is 12.2. The number of benzene rings is 2. The molecule has 10 nitrogen and oxygen atoms in total. The van der Waals surface area contributed by atoms with Gasteiger partial charge in [0.15, 0.2) is 0 Å². The molecule has 33 heavy (non-hydrogen) atoms. The van der Waals surface area contributed by atoms with E-state index >= 15 is 0 Å². The Labute approximate surface area is 194 Å². The Morgan fingerprint density at radius 2 is 1.70 bits per heavy atom. The molecule has 0 fully saturated rings. The van der Waals surface area contributed by atoms with Gasteiger partial charge in [0.1, 0.15) is 5.75 Å². The van der Waals surface area contributed by atoms with Gasteiger partial charge in [0.05, 0.1) is 31.6 Å². The molecule has 3 rings (SSSR count). The molecule has 0 atom stereocenters. The van der Waals surface area contributed by atoms with Crippen LogP contribution in [-0.4, -0.2) is 47.5 Å². The molecular formula is C22H22N4O6S. The van der Waals surface area contributed by atoms with Gasteiger partial charge in [-0.1, -0.05) is 11.8 Å². The van der Waals surface area contributed by atoms with E-state index in [1.165, 1.54) is 0 Å². The largest absolute Gasteiger partial charge is 0.497 e. The summed E-state index contributed by atoms with van der Waals surface area (Å²) < 4.78 is 15.4. The van der Waals surface area contributed by atoms with Crippen LogP contribution in [0.25, 0.3) is 0 Å². The van der Waals surface area contributed by atoms with E-state index in [2.05, 4.69) is 20.8 Å². The molecule has 0 radical (unpaired) electrons. The highest BCUT2D eigenvalue weighted by atomic mass is 32.2. The van der Waals surface area contributed by atoms with Crippen molar-refractivity contribution >= 4 is 35.2 Å². The van der Waals surface area contributed by atoms with Crippen molar-refractivity contribution in [3.8, 4) is 5.75 Å². The van der Waals surface area contributed by atoms with Crippen LogP contribution in [0.15, 0.2) is 58.2 Å². The van der Waals surface area contributed by atoms with Crippen LogP contribution in [0.2, 0.25) is 0 Å². The van der Waals surface area contributed by atoms with Crippen molar-refractivity contribution in [2.24, 2.45) is 0 Å². The Balaban J connectivity index is 1.43. The predicted molar refractivity (Wildman–Crippen MR) is 120 cm³/mol. The first-order valence-electron chi connectivity index (χ1n) is 9.93. The monoisotopic (exact) mass is 470 g/mol. The van der Waals surface area contributed by atoms with Gasteiger partial charge in [-0.3, -0.25) is 9.59 Å². The Hall–Kier alpha value is -3.86. The van der Waals surface area contributed by atoms with Gasteiger partial charge in [-0.25, -0.2) is 4.79 Å². The third kappa shape index (κ3) is 7.07. The van der Waals surface area contributed by atoms with Gasteiger partial charge in [-0.05, 0) is 55.5 Å². The standard InChI is InChI=1S/C22H22N4O6S/c1-3-31-21(29)15-4-8-16(9-5-15)24-18(27)13-33-22-26-25-19(32-22)12-23-20(28)14-6-10-17(30-2)11-7-14/h4-11H,3,12-13H2,1-2H3,(H,23,28)(H,24,27). The lowest BCUT2D eigenvalue weighted by atomic mass is 10.2. The molecular weight excluding hydrogens is 448 g/mol. The zero-order valence-electron chi connectivity index (χ0n) is 18.0. The quantitative estimate of drug-likeness (QED) is 0.339. The van der Waals surface area contributed by atoms with Crippen molar-refractivity contribution in [3.63, 3.8) is 0 Å². The number of nitrogens with one attached hydrogen (secondary N) is 2. The molecule has 0 bridgehead atoms. The number of methoxy groups -OCH3 is 1. The molecule has 2 N–H and O–H groups in total. The van der Waals surface area contributed by atoms with Gasteiger partial charge in [-0.2, -0.15) is 0 Å². The average molecular weight is 471 g/mol. The predicted octanol–water partition coefficient (Wildman–Crippen LogP) is 2.92. The van der Waals surface area contributed by atoms with Crippen LogP contribution in [0.1, 0.15) is 33.5 Å². The topological polar surface area (TPSA) is 133 Å². The maximum atomic E-state index is 12.2. The zero-order valence-corrected chi connectivity index (χ0v) is 18.8. The summed E-state index contributed by atoms with van der Waals surface area (Å²) in [5.41, 5.74) is 1.42. The number of carbonyl (C=O) groups is 3. The summed E-state index contributed by atoms with van der Waals surface area (Å²) in [5.74, 6) is -0.0789. The van der Waals surface area contributed by atoms with Crippen LogP contribution in [-0.2, 0) is 16.1 Å². The fourth-order valence-corrected chi connectivity index (χ4v) is 3.18. The van der Waals surface area contributed by atoms with Crippen molar-refractivity contribution in [2.45, 2.75) is 18.7 Å². The van der Waals surface area contributed by atoms with Gasteiger partial charge in [0.25, 0.3) is 11.1 Å². The Morgan fingerprint density at radius 3 is 2.36 bits per heavy atom. The third-order valence-electron chi connectivity index (χ3n) is 4.21. The van der Waals surface area contributed by atoms with Gasteiger partial charge in [0, 0.05) is 11.3 Å². The summed E-state index contributed by atoms with van der Waals surface area (Å²) in [4.78, 5) is 36.0. The van der Waals surface area contributed by atoms with Gasteiger partial charge < -0.3 is 24.5 Å². The second-order valence-corrected chi connectivity index (χ2v) is 7.43. The molecule has 0 aliphatic carbocycles. The van der Waals surface area contributed by atoms with Crippen molar-refractivity contribution in [1.82, 2.24) is 15.5 Å². The van der Waals surface area contributed by atoms with Gasteiger partial charge in [0.2, 0.25) is 11.8 Å². The van der Waals surface area contributed by atoms with E-state index in [0.29, 0.717) is 29.2 Å². The summed E-state index contributed by atoms with van der Waals surface area (Å²) in [6, 6.07) is 13.1. The molecule has 0 saturated heterocycles. The SMILES string of the molecule is CCOC(=O)c1ccc(NC(=O)CSc2nnc(CNC(=O)c3ccc(OC)cc3)o2)cc1. The molecule has 3 aromatic rings. The molecule has 1 aromatic heterocycles. The molecule has 11 heteroatoms. The Kier molecular flexibility index (Phi) is 8.42. The van der Waals surface area contributed by atoms with E-state index in [-0.39, 0.29) is 35.2 Å². The van der Waals surface area contributed by atoms with Crippen LogP contribution in [0.3, 0.4) is 0 Å². The van der Waals surface area contributed by atoms with Crippen molar-refractivity contribution in [2.75, 3.05) is 24.8 Å². The molecule has 0 spiro atoms. The van der Waals surface area contributed by atoms with Crippen LogP contribution in [0.5, 0.6) is 5.75 Å². The van der Waals surface area contributed by atoms with Crippen molar-refractivity contribution in [1.29, 1.82) is 0 Å². The first kappa shape index (κ1) is 23.8. The minimum atomic E-state index is -0.418. The second kappa shape index (κ2) is 11.7. The number of anilines is 1. The number of amides is 2. The number of ether oxygens (including phenoxy) is 2. The number of esters is 1. The van der Waals surface area contributed by atoms with E-state index in [0.717, 1.165) is 11.8 Å². The summed E-state index contributed by atoms with van der Waals surface area (Å²) in [6.45, 7) is 2.08. The minimum Gasteiger partial charge on any atom is -0.497 e. The molecule has 0 aliphatic heterocycles. The highest BCUT2D eigenvalue weighted by molar-refractivity contribution is 7.99. The van der Waals surface area contributed by atoms with Gasteiger partial charge >= 0.3 is 5.97 Å². The molecule has 2 aromatic carbocycles. The number of hydrogen-bond acceptors (Lipinski definition) is 9. The molecule has 2 amide bonds. The summed E-state index contributed by atoms with van der Waals surface area (Å²) in [6.07, 6.45) is 0. The molecule has 1 heterocycles. The fourth-order valence-electron chi connectivity index (χ4n) is 2.60. The van der Waals surface area contributed by atoms with E-state index in [1.807, 2.05) is 0 Å². The smallest absolute Gasteiger partial charge is 0.338 e. The molecule has 172 valence electrons. The number of carbonyl (C=O) groups excluding carboxylic acids is 3. The highest BCUT2D eigenvalue weighted by Crippen LogP contribution is 2.17. The highest BCUT2D eigenvalue weighted by Gasteiger charge is 2.12. The van der Waals surface area contributed by atoms with Crippen LogP contribution in [0, 0.1) is 0 Å². The third-order valence-corrected chi connectivity index (χ3v) is 5.03. The number of rotatable bonds is 10. The number of nitrogens with zero attached hydrogens (tertiary/aromatic N) is 2. The van der Waals surface area contributed by atoms with E-state index in [4.69, 9.17) is 13.9 Å². The van der Waals surface area contributed by atoms with Crippen molar-refractivity contribution in [3.05, 3.63) is 65.5 Å².